The number of hydrogen-bond acceptors (Lipinski definition) is 6. The molecule has 2 aliphatic rings. The van der Waals surface area contributed by atoms with E-state index in [0.29, 0.717) is 60.0 Å². The van der Waals surface area contributed by atoms with Gasteiger partial charge in [-0.3, -0.25) is 14.6 Å². The maximum Gasteiger partial charge on any atom is 0.273 e. The SMILES string of the molecule is C[C@@H]1c2ccccc2CCN1C(=O)c1cc(-c2ccncc2)n2nc(-c3ccc(N4CC[C@H](C(N)=O)C4)cc3F)cc2n1. The molecule has 3 aromatic heterocycles. The van der Waals surface area contributed by atoms with Crippen LogP contribution in [0.25, 0.3) is 28.2 Å². The van der Waals surface area contributed by atoms with Crippen molar-refractivity contribution in [3.05, 3.63) is 102 Å². The summed E-state index contributed by atoms with van der Waals surface area (Å²) < 4.78 is 17.2. The number of aromatic nitrogens is 4. The summed E-state index contributed by atoms with van der Waals surface area (Å²) in [5.74, 6) is -1.18. The largest absolute Gasteiger partial charge is 0.371 e. The standard InChI is InChI=1S/C33H30FN7O2/c1-20-25-5-3-2-4-21(25)11-15-40(20)33(43)29-17-30(22-8-12-36-13-9-22)41-31(37-29)18-28(38-41)26-7-6-24(16-27(26)34)39-14-10-23(19-39)32(35)42/h2-9,12-13,16-18,20,23H,10-11,14-15,19H2,1H3,(H2,35,42)/t20-,23+/m1/s1. The molecule has 0 radical (unpaired) electrons. The fraction of sp³-hybridized carbons (Fsp3) is 0.242. The van der Waals surface area contributed by atoms with Crippen LogP contribution in [0.15, 0.2) is 79.1 Å². The van der Waals surface area contributed by atoms with Gasteiger partial charge in [-0.2, -0.15) is 5.10 Å². The Balaban J connectivity index is 1.26. The molecule has 1 saturated heterocycles. The lowest BCUT2D eigenvalue weighted by Crippen LogP contribution is -2.39. The number of primary amides is 1. The summed E-state index contributed by atoms with van der Waals surface area (Å²) >= 11 is 0. The number of benzene rings is 2. The summed E-state index contributed by atoms with van der Waals surface area (Å²) in [5.41, 5.74) is 11.5. The van der Waals surface area contributed by atoms with E-state index in [4.69, 9.17) is 15.8 Å². The quantitative estimate of drug-likeness (QED) is 0.326. The number of nitrogens with zero attached hydrogens (tertiary/aromatic N) is 6. The summed E-state index contributed by atoms with van der Waals surface area (Å²) in [4.78, 5) is 38.2. The van der Waals surface area contributed by atoms with E-state index in [9.17, 15) is 9.59 Å². The number of hydrogen-bond donors (Lipinski definition) is 1. The van der Waals surface area contributed by atoms with Crippen LogP contribution in [0.5, 0.6) is 0 Å². The van der Waals surface area contributed by atoms with Gasteiger partial charge in [0.25, 0.3) is 5.91 Å². The fourth-order valence-electron chi connectivity index (χ4n) is 6.28. The van der Waals surface area contributed by atoms with E-state index in [1.54, 1.807) is 35.1 Å². The monoisotopic (exact) mass is 575 g/mol. The molecule has 7 rings (SSSR count). The number of nitrogens with two attached hydrogens (primary N) is 1. The smallest absolute Gasteiger partial charge is 0.273 e. The van der Waals surface area contributed by atoms with Gasteiger partial charge in [-0.1, -0.05) is 24.3 Å². The molecule has 9 nitrogen and oxygen atoms in total. The number of amides is 2. The first-order valence-electron chi connectivity index (χ1n) is 14.4. The summed E-state index contributed by atoms with van der Waals surface area (Å²) in [5, 5.41) is 4.73. The second-order valence-electron chi connectivity index (χ2n) is 11.2. The molecule has 1 fully saturated rings. The number of fused-ring (bicyclic) bond motifs is 2. The van der Waals surface area contributed by atoms with E-state index in [0.717, 1.165) is 17.5 Å². The third-order valence-corrected chi connectivity index (χ3v) is 8.66. The van der Waals surface area contributed by atoms with Crippen LogP contribution in [0.1, 0.15) is 41.0 Å². The number of carbonyl (C=O) groups is 2. The van der Waals surface area contributed by atoms with Crippen molar-refractivity contribution in [2.45, 2.75) is 25.8 Å². The number of anilines is 1. The first-order valence-corrected chi connectivity index (χ1v) is 14.4. The van der Waals surface area contributed by atoms with E-state index in [1.165, 1.54) is 11.6 Å². The summed E-state index contributed by atoms with van der Waals surface area (Å²) in [6.45, 7) is 3.74. The molecule has 0 aliphatic carbocycles. The number of rotatable bonds is 5. The topological polar surface area (TPSA) is 110 Å². The molecule has 43 heavy (non-hydrogen) atoms. The van der Waals surface area contributed by atoms with Crippen LogP contribution in [-0.2, 0) is 11.2 Å². The van der Waals surface area contributed by atoms with Gasteiger partial charge < -0.3 is 15.5 Å². The lowest BCUT2D eigenvalue weighted by molar-refractivity contribution is -0.121. The first kappa shape index (κ1) is 26.8. The van der Waals surface area contributed by atoms with Crippen LogP contribution in [-0.4, -0.2) is 55.9 Å². The minimum absolute atomic E-state index is 0.0956. The lowest BCUT2D eigenvalue weighted by Gasteiger charge is -2.35. The van der Waals surface area contributed by atoms with Gasteiger partial charge in [-0.05, 0) is 67.3 Å². The maximum atomic E-state index is 15.6. The van der Waals surface area contributed by atoms with Crippen LogP contribution >= 0.6 is 0 Å². The van der Waals surface area contributed by atoms with Crippen molar-refractivity contribution < 1.29 is 14.0 Å². The minimum Gasteiger partial charge on any atom is -0.371 e. The predicted molar refractivity (Wildman–Crippen MR) is 161 cm³/mol. The van der Waals surface area contributed by atoms with Crippen molar-refractivity contribution in [3.63, 3.8) is 0 Å². The molecule has 2 aliphatic heterocycles. The van der Waals surface area contributed by atoms with Crippen LogP contribution < -0.4 is 10.6 Å². The normalized spacial score (nSPS) is 18.2. The summed E-state index contributed by atoms with van der Waals surface area (Å²) in [7, 11) is 0. The van der Waals surface area contributed by atoms with Crippen LogP contribution in [0.3, 0.4) is 0 Å². The van der Waals surface area contributed by atoms with Gasteiger partial charge in [-0.25, -0.2) is 13.9 Å². The molecule has 0 saturated carbocycles. The van der Waals surface area contributed by atoms with Crippen LogP contribution in [0.2, 0.25) is 0 Å². The van der Waals surface area contributed by atoms with Crippen molar-refractivity contribution in [3.8, 4) is 22.5 Å². The number of halogens is 1. The third kappa shape index (κ3) is 4.78. The zero-order chi connectivity index (χ0) is 29.7. The molecule has 5 heterocycles. The molecular weight excluding hydrogens is 545 g/mol. The Bertz CT molecular complexity index is 1870. The molecule has 2 atom stereocenters. The Hall–Kier alpha value is -5.12. The van der Waals surface area contributed by atoms with E-state index in [-0.39, 0.29) is 23.8 Å². The molecule has 216 valence electrons. The van der Waals surface area contributed by atoms with Crippen molar-refractivity contribution in [1.82, 2.24) is 24.5 Å². The van der Waals surface area contributed by atoms with Gasteiger partial charge in [0, 0.05) is 54.9 Å². The van der Waals surface area contributed by atoms with Gasteiger partial charge in [0.05, 0.1) is 23.3 Å². The highest BCUT2D eigenvalue weighted by Crippen LogP contribution is 2.33. The Kier molecular flexibility index (Phi) is 6.61. The lowest BCUT2D eigenvalue weighted by atomic mass is 9.93. The second-order valence-corrected chi connectivity index (χ2v) is 11.2. The molecule has 0 spiro atoms. The highest BCUT2D eigenvalue weighted by atomic mass is 19.1. The van der Waals surface area contributed by atoms with Gasteiger partial charge in [0.2, 0.25) is 5.91 Å². The Labute approximate surface area is 247 Å². The van der Waals surface area contributed by atoms with E-state index < -0.39 is 5.82 Å². The summed E-state index contributed by atoms with van der Waals surface area (Å²) in [6, 6.07) is 20.2. The van der Waals surface area contributed by atoms with Crippen molar-refractivity contribution in [2.24, 2.45) is 11.7 Å². The van der Waals surface area contributed by atoms with Crippen LogP contribution in [0, 0.1) is 11.7 Å². The highest BCUT2D eigenvalue weighted by molar-refractivity contribution is 5.94. The molecule has 0 bridgehead atoms. The van der Waals surface area contributed by atoms with E-state index in [1.807, 2.05) is 47.1 Å². The zero-order valence-electron chi connectivity index (χ0n) is 23.7. The minimum atomic E-state index is -0.439. The Morgan fingerprint density at radius 3 is 2.58 bits per heavy atom. The van der Waals surface area contributed by atoms with E-state index in [2.05, 4.69) is 17.1 Å². The molecule has 2 N–H and O–H groups in total. The van der Waals surface area contributed by atoms with Crippen molar-refractivity contribution in [2.75, 3.05) is 24.5 Å². The molecular formula is C33H30FN7O2. The Morgan fingerprint density at radius 2 is 1.81 bits per heavy atom. The van der Waals surface area contributed by atoms with Crippen molar-refractivity contribution >= 4 is 23.1 Å². The molecule has 5 aromatic rings. The first-order chi connectivity index (χ1) is 20.9. The third-order valence-electron chi connectivity index (χ3n) is 8.66. The van der Waals surface area contributed by atoms with Gasteiger partial charge in [-0.15, -0.1) is 0 Å². The second kappa shape index (κ2) is 10.6. The molecule has 2 aromatic carbocycles. The van der Waals surface area contributed by atoms with Gasteiger partial charge in [0.1, 0.15) is 11.5 Å². The van der Waals surface area contributed by atoms with Gasteiger partial charge >= 0.3 is 0 Å². The average molecular weight is 576 g/mol. The average Bonchev–Trinajstić information content (AvgIpc) is 3.69. The van der Waals surface area contributed by atoms with E-state index >= 15 is 4.39 Å². The molecule has 0 unspecified atom stereocenters. The Morgan fingerprint density at radius 1 is 1.00 bits per heavy atom. The molecule has 10 heteroatoms. The zero-order valence-corrected chi connectivity index (χ0v) is 23.7. The van der Waals surface area contributed by atoms with Crippen LogP contribution in [0.4, 0.5) is 10.1 Å². The maximum absolute atomic E-state index is 15.6. The van der Waals surface area contributed by atoms with Crippen molar-refractivity contribution in [1.29, 1.82) is 0 Å². The van der Waals surface area contributed by atoms with Gasteiger partial charge in [0.15, 0.2) is 5.65 Å². The molecule has 2 amide bonds. The number of pyridine rings is 1. The predicted octanol–water partition coefficient (Wildman–Crippen LogP) is 4.67. The summed E-state index contributed by atoms with van der Waals surface area (Å²) in [6.07, 6.45) is 4.78. The number of carbonyl (C=O) groups excluding carboxylic acids is 2. The fourth-order valence-corrected chi connectivity index (χ4v) is 6.28. The highest BCUT2D eigenvalue weighted by Gasteiger charge is 2.30.